The van der Waals surface area contributed by atoms with Gasteiger partial charge in [0.15, 0.2) is 0 Å². The first-order valence-corrected chi connectivity index (χ1v) is 13.6. The number of ether oxygens (including phenoxy) is 2. The lowest BCUT2D eigenvalue weighted by atomic mass is 9.85. The summed E-state index contributed by atoms with van der Waals surface area (Å²) >= 11 is 0. The van der Waals surface area contributed by atoms with Gasteiger partial charge in [-0.25, -0.2) is 9.97 Å². The maximum Gasteiger partial charge on any atom is 0.270 e. The van der Waals surface area contributed by atoms with Gasteiger partial charge in [-0.1, -0.05) is 20.4 Å². The summed E-state index contributed by atoms with van der Waals surface area (Å²) in [6.07, 6.45) is 4.64. The number of benzene rings is 1. The van der Waals surface area contributed by atoms with Crippen molar-refractivity contribution in [2.45, 2.75) is 32.2 Å². The molecule has 5 rings (SSSR count). The number of methoxy groups -OCH3 is 1. The van der Waals surface area contributed by atoms with Crippen LogP contribution in [0.25, 0.3) is 16.6 Å². The van der Waals surface area contributed by atoms with Crippen molar-refractivity contribution in [3.8, 4) is 0 Å². The van der Waals surface area contributed by atoms with Crippen molar-refractivity contribution in [3.05, 3.63) is 66.3 Å². The third-order valence-corrected chi connectivity index (χ3v) is 7.42. The topological polar surface area (TPSA) is 125 Å². The number of anilines is 2. The summed E-state index contributed by atoms with van der Waals surface area (Å²) in [5.74, 6) is 0.743. The molecule has 2 N–H and O–H groups in total. The number of carbonyl (C=O) groups excluding carboxylic acids is 2. The average molecular weight is 560 g/mol. The second kappa shape index (κ2) is 12.8. The van der Waals surface area contributed by atoms with Crippen molar-refractivity contribution in [3.63, 3.8) is 0 Å². The number of nitrogens with zero attached hydrogens (tertiary/aromatic N) is 5. The molecule has 0 radical (unpaired) electrons. The van der Waals surface area contributed by atoms with Gasteiger partial charge < -0.3 is 29.6 Å². The molecule has 11 heteroatoms. The normalized spacial score (nSPS) is 16.7. The number of aromatic amines is 1. The fourth-order valence-corrected chi connectivity index (χ4v) is 4.99. The molecule has 0 saturated carbocycles. The van der Waals surface area contributed by atoms with E-state index in [2.05, 4.69) is 38.6 Å². The molecule has 2 aromatic heterocycles. The zero-order valence-corrected chi connectivity index (χ0v) is 24.1. The molecule has 0 bridgehead atoms. The lowest BCUT2D eigenvalue weighted by Gasteiger charge is -2.49. The molecule has 0 unspecified atom stereocenters. The summed E-state index contributed by atoms with van der Waals surface area (Å²) < 4.78 is 10.6. The van der Waals surface area contributed by atoms with E-state index in [-0.39, 0.29) is 24.0 Å². The Morgan fingerprint density at radius 2 is 2.00 bits per heavy atom. The number of morpholine rings is 1. The standard InChI is InChI=1S/C28H31N7O4.C2H6/c1-18(38-4)13-23(29-2)22-7-10-30-27(33-22)31-20-5-6-21-19(14-20)15-24(32-21)26(37)35-11-8-28(9-12-35)17-39-16-25(36)34(28)3;1-2/h5-7,10,13-15,32H,1-2,8-9,11-12,16-17H2,3-4H3,(H,30,31,33);1-2H3/b23-13-;. The van der Waals surface area contributed by atoms with Gasteiger partial charge in [-0.2, -0.15) is 0 Å². The van der Waals surface area contributed by atoms with Crippen LogP contribution < -0.4 is 5.32 Å². The number of aliphatic imine (C=N–C) groups is 1. The van der Waals surface area contributed by atoms with E-state index in [1.807, 2.05) is 50.1 Å². The Balaban J connectivity index is 0.00000189. The van der Waals surface area contributed by atoms with Gasteiger partial charge in [0, 0.05) is 49.0 Å². The van der Waals surface area contributed by atoms with E-state index in [1.54, 1.807) is 23.2 Å². The van der Waals surface area contributed by atoms with E-state index in [9.17, 15) is 9.59 Å². The van der Waals surface area contributed by atoms with Crippen LogP contribution in [0, 0.1) is 0 Å². The number of likely N-dealkylation sites (N-methyl/N-ethyl adjacent to an activating group) is 1. The van der Waals surface area contributed by atoms with Gasteiger partial charge in [0.05, 0.1) is 30.6 Å². The summed E-state index contributed by atoms with van der Waals surface area (Å²) in [4.78, 5) is 45.2. The van der Waals surface area contributed by atoms with Crippen LogP contribution in [0.5, 0.6) is 0 Å². The number of H-pyrrole nitrogens is 1. The highest BCUT2D eigenvalue weighted by Gasteiger charge is 2.44. The molecular formula is C30H37N7O4. The molecule has 41 heavy (non-hydrogen) atoms. The van der Waals surface area contributed by atoms with Crippen LogP contribution in [0.2, 0.25) is 0 Å². The predicted molar refractivity (Wildman–Crippen MR) is 160 cm³/mol. The number of carbonyl (C=O) groups is 2. The number of likely N-dealkylation sites (tertiary alicyclic amines) is 1. The van der Waals surface area contributed by atoms with Crippen molar-refractivity contribution in [1.82, 2.24) is 24.8 Å². The van der Waals surface area contributed by atoms with Crippen LogP contribution in [-0.2, 0) is 14.3 Å². The minimum Gasteiger partial charge on any atom is -0.497 e. The van der Waals surface area contributed by atoms with Crippen molar-refractivity contribution in [2.75, 3.05) is 45.8 Å². The first-order valence-electron chi connectivity index (χ1n) is 13.6. The van der Waals surface area contributed by atoms with Crippen LogP contribution in [0.4, 0.5) is 11.6 Å². The molecule has 0 aliphatic carbocycles. The molecule has 0 atom stereocenters. The number of nitrogens with one attached hydrogen (secondary N) is 2. The van der Waals surface area contributed by atoms with Crippen LogP contribution in [0.1, 0.15) is 42.9 Å². The fraction of sp³-hybridized carbons (Fsp3) is 0.367. The Morgan fingerprint density at radius 1 is 1.24 bits per heavy atom. The Hall–Kier alpha value is -4.51. The average Bonchev–Trinajstić information content (AvgIpc) is 3.43. The SMILES string of the molecule is C=N/C(=C\C(=C)OC)c1ccnc(Nc2ccc3[nH]c(C(=O)N4CCC5(CC4)COCC(=O)N5C)cc3c2)n1.CC. The van der Waals surface area contributed by atoms with E-state index in [0.717, 1.165) is 16.6 Å². The molecule has 2 fully saturated rings. The van der Waals surface area contributed by atoms with Gasteiger partial charge >= 0.3 is 0 Å². The molecule has 1 aromatic carbocycles. The Bertz CT molecular complexity index is 1470. The minimum atomic E-state index is -0.331. The van der Waals surface area contributed by atoms with Crippen LogP contribution >= 0.6 is 0 Å². The molecule has 3 aromatic rings. The third-order valence-electron chi connectivity index (χ3n) is 7.42. The molecule has 216 valence electrons. The maximum absolute atomic E-state index is 13.3. The van der Waals surface area contributed by atoms with Gasteiger partial charge in [0.1, 0.15) is 18.1 Å². The number of hydrogen-bond donors (Lipinski definition) is 2. The molecule has 4 heterocycles. The van der Waals surface area contributed by atoms with E-state index in [4.69, 9.17) is 9.47 Å². The number of amides is 2. The number of aromatic nitrogens is 3. The Morgan fingerprint density at radius 3 is 2.71 bits per heavy atom. The monoisotopic (exact) mass is 559 g/mol. The van der Waals surface area contributed by atoms with Crippen molar-refractivity contribution in [2.24, 2.45) is 4.99 Å². The fourth-order valence-electron chi connectivity index (χ4n) is 4.99. The van der Waals surface area contributed by atoms with Gasteiger partial charge in [0.2, 0.25) is 11.9 Å². The van der Waals surface area contributed by atoms with E-state index >= 15 is 0 Å². The second-order valence-corrected chi connectivity index (χ2v) is 9.70. The first-order chi connectivity index (χ1) is 19.8. The lowest BCUT2D eigenvalue weighted by molar-refractivity contribution is -0.158. The zero-order chi connectivity index (χ0) is 29.6. The zero-order valence-electron chi connectivity index (χ0n) is 24.1. The summed E-state index contributed by atoms with van der Waals surface area (Å²) in [5, 5.41) is 4.09. The highest BCUT2D eigenvalue weighted by atomic mass is 16.5. The van der Waals surface area contributed by atoms with Crippen molar-refractivity contribution >= 4 is 46.8 Å². The maximum atomic E-state index is 13.3. The molecule has 11 nitrogen and oxygen atoms in total. The van der Waals surface area contributed by atoms with Gasteiger partial charge in [0.25, 0.3) is 5.91 Å². The van der Waals surface area contributed by atoms with Crippen molar-refractivity contribution < 1.29 is 19.1 Å². The smallest absolute Gasteiger partial charge is 0.270 e. The quantitative estimate of drug-likeness (QED) is 0.250. The largest absolute Gasteiger partial charge is 0.497 e. The minimum absolute atomic E-state index is 0.00976. The van der Waals surface area contributed by atoms with Crippen molar-refractivity contribution in [1.29, 1.82) is 0 Å². The number of allylic oxidation sites excluding steroid dienone is 1. The lowest BCUT2D eigenvalue weighted by Crippen LogP contribution is -2.62. The summed E-state index contributed by atoms with van der Waals surface area (Å²) in [7, 11) is 3.36. The van der Waals surface area contributed by atoms with Crippen LogP contribution in [0.3, 0.4) is 0 Å². The molecule has 2 aliphatic heterocycles. The first kappa shape index (κ1) is 29.5. The summed E-state index contributed by atoms with van der Waals surface area (Å²) in [6.45, 7) is 13.1. The van der Waals surface area contributed by atoms with Gasteiger partial charge in [-0.3, -0.25) is 14.6 Å². The van der Waals surface area contributed by atoms with E-state index < -0.39 is 0 Å². The second-order valence-electron chi connectivity index (χ2n) is 9.70. The number of hydrogen-bond acceptors (Lipinski definition) is 8. The van der Waals surface area contributed by atoms with Gasteiger partial charge in [-0.15, -0.1) is 0 Å². The Kier molecular flexibility index (Phi) is 9.18. The number of fused-ring (bicyclic) bond motifs is 1. The molecule has 2 aliphatic rings. The summed E-state index contributed by atoms with van der Waals surface area (Å²) in [5.41, 5.74) is 2.87. The van der Waals surface area contributed by atoms with Gasteiger partial charge in [-0.05, 0) is 49.9 Å². The summed E-state index contributed by atoms with van der Waals surface area (Å²) in [6, 6.07) is 9.30. The van der Waals surface area contributed by atoms with Crippen LogP contribution in [-0.4, -0.2) is 89.3 Å². The van der Waals surface area contributed by atoms with E-state index in [0.29, 0.717) is 61.3 Å². The van der Waals surface area contributed by atoms with Crippen LogP contribution in [0.15, 0.2) is 59.9 Å². The molecule has 2 saturated heterocycles. The number of rotatable bonds is 7. The predicted octanol–water partition coefficient (Wildman–Crippen LogP) is 4.39. The third kappa shape index (κ3) is 6.30. The number of piperidine rings is 1. The molecule has 2 amide bonds. The van der Waals surface area contributed by atoms with E-state index in [1.165, 1.54) is 7.11 Å². The highest BCUT2D eigenvalue weighted by molar-refractivity contribution is 5.99. The molecular weight excluding hydrogens is 522 g/mol. The molecule has 1 spiro atoms. The Labute approximate surface area is 240 Å². The highest BCUT2D eigenvalue weighted by Crippen LogP contribution is 2.32.